The van der Waals surface area contributed by atoms with E-state index in [1.165, 1.54) is 23.5 Å². The molecule has 0 spiro atoms. The summed E-state index contributed by atoms with van der Waals surface area (Å²) in [4.78, 5) is 25.9. The lowest BCUT2D eigenvalue weighted by molar-refractivity contribution is -0.113. The van der Waals surface area contributed by atoms with E-state index in [0.717, 1.165) is 21.8 Å². The molecule has 1 N–H and O–H groups in total. The zero-order valence-electron chi connectivity index (χ0n) is 15.8. The maximum Gasteiger partial charge on any atom is 0.341 e. The van der Waals surface area contributed by atoms with Gasteiger partial charge in [-0.25, -0.2) is 13.2 Å². The summed E-state index contributed by atoms with van der Waals surface area (Å²) in [6.07, 6.45) is 0. The van der Waals surface area contributed by atoms with Gasteiger partial charge in [0.1, 0.15) is 16.3 Å². The number of anilines is 1. The van der Waals surface area contributed by atoms with Gasteiger partial charge in [-0.1, -0.05) is 23.8 Å². The smallest absolute Gasteiger partial charge is 0.341 e. The predicted octanol–water partition coefficient (Wildman–Crippen LogP) is 4.37. The number of benzene rings is 1. The summed E-state index contributed by atoms with van der Waals surface area (Å²) in [7, 11) is -3.80. The van der Waals surface area contributed by atoms with E-state index in [2.05, 4.69) is 5.32 Å². The van der Waals surface area contributed by atoms with Crippen molar-refractivity contribution in [2.75, 3.05) is 17.7 Å². The van der Waals surface area contributed by atoms with Gasteiger partial charge in [-0.15, -0.1) is 22.7 Å². The second kappa shape index (κ2) is 8.89. The summed E-state index contributed by atoms with van der Waals surface area (Å²) < 4.78 is 30.2. The van der Waals surface area contributed by atoms with Crippen LogP contribution in [0.3, 0.4) is 0 Å². The predicted molar refractivity (Wildman–Crippen MR) is 115 cm³/mol. The Balaban J connectivity index is 1.85. The molecule has 0 saturated carbocycles. The van der Waals surface area contributed by atoms with Crippen molar-refractivity contribution in [3.63, 3.8) is 0 Å². The zero-order valence-corrected chi connectivity index (χ0v) is 18.2. The van der Waals surface area contributed by atoms with E-state index in [4.69, 9.17) is 4.74 Å². The maximum absolute atomic E-state index is 12.5. The van der Waals surface area contributed by atoms with Crippen LogP contribution in [0.25, 0.3) is 10.4 Å². The van der Waals surface area contributed by atoms with Gasteiger partial charge in [0.05, 0.1) is 11.5 Å². The Labute approximate surface area is 177 Å². The molecule has 0 bridgehead atoms. The van der Waals surface area contributed by atoms with Crippen LogP contribution in [-0.2, 0) is 19.4 Å². The standard InChI is InChI=1S/C20H19NO5S3/c1-3-26-20(23)18-15(16-5-4-10-27-16)11-28-19(18)21-17(22)12-29(24,25)14-8-6-13(2)7-9-14/h4-11H,3,12H2,1-2H3,(H,21,22). The minimum atomic E-state index is -3.80. The first-order valence-corrected chi connectivity index (χ1v) is 12.1. The molecule has 3 rings (SSSR count). The molecule has 0 atom stereocenters. The fourth-order valence-electron chi connectivity index (χ4n) is 2.63. The highest BCUT2D eigenvalue weighted by Gasteiger charge is 2.25. The number of amides is 1. The Hall–Kier alpha value is -2.49. The Morgan fingerprint density at radius 2 is 1.83 bits per heavy atom. The van der Waals surface area contributed by atoms with Gasteiger partial charge in [0.2, 0.25) is 5.91 Å². The molecule has 2 aromatic heterocycles. The van der Waals surface area contributed by atoms with E-state index in [1.807, 2.05) is 24.4 Å². The average molecular weight is 450 g/mol. The van der Waals surface area contributed by atoms with E-state index >= 15 is 0 Å². The third kappa shape index (κ3) is 4.92. The second-order valence-corrected chi connectivity index (χ2v) is 9.99. The van der Waals surface area contributed by atoms with Crippen LogP contribution in [0.4, 0.5) is 5.00 Å². The molecule has 29 heavy (non-hydrogen) atoms. The van der Waals surface area contributed by atoms with Crippen molar-refractivity contribution in [2.45, 2.75) is 18.7 Å². The molecule has 6 nitrogen and oxygen atoms in total. The van der Waals surface area contributed by atoms with Gasteiger partial charge in [0.15, 0.2) is 9.84 Å². The summed E-state index contributed by atoms with van der Waals surface area (Å²) in [5.41, 5.74) is 1.81. The number of esters is 1. The summed E-state index contributed by atoms with van der Waals surface area (Å²) in [6.45, 7) is 3.73. The first-order valence-electron chi connectivity index (χ1n) is 8.73. The van der Waals surface area contributed by atoms with E-state index < -0.39 is 27.5 Å². The van der Waals surface area contributed by atoms with Crippen LogP contribution >= 0.6 is 22.7 Å². The number of nitrogens with one attached hydrogen (secondary N) is 1. The Kier molecular flexibility index (Phi) is 6.51. The number of carbonyl (C=O) groups is 2. The van der Waals surface area contributed by atoms with Crippen molar-refractivity contribution in [2.24, 2.45) is 0 Å². The lowest BCUT2D eigenvalue weighted by Crippen LogP contribution is -2.23. The molecular formula is C20H19NO5S3. The number of rotatable bonds is 7. The van der Waals surface area contributed by atoms with Crippen molar-refractivity contribution in [1.82, 2.24) is 0 Å². The van der Waals surface area contributed by atoms with Crippen LogP contribution in [-0.4, -0.2) is 32.7 Å². The Bertz CT molecular complexity index is 1110. The summed E-state index contributed by atoms with van der Waals surface area (Å²) in [5, 5.41) is 6.48. The monoisotopic (exact) mass is 449 g/mol. The topological polar surface area (TPSA) is 89.5 Å². The van der Waals surface area contributed by atoms with E-state index in [1.54, 1.807) is 24.4 Å². The number of hydrogen-bond acceptors (Lipinski definition) is 7. The SMILES string of the molecule is CCOC(=O)c1c(-c2cccs2)csc1NC(=O)CS(=O)(=O)c1ccc(C)cc1. The third-order valence-electron chi connectivity index (χ3n) is 4.01. The first-order chi connectivity index (χ1) is 13.8. The number of aryl methyl sites for hydroxylation is 1. The molecule has 0 aliphatic rings. The van der Waals surface area contributed by atoms with Crippen LogP contribution in [0.2, 0.25) is 0 Å². The van der Waals surface area contributed by atoms with Crippen LogP contribution in [0.15, 0.2) is 52.1 Å². The van der Waals surface area contributed by atoms with Crippen LogP contribution in [0, 0.1) is 6.92 Å². The minimum absolute atomic E-state index is 0.0781. The largest absolute Gasteiger partial charge is 0.462 e. The lowest BCUT2D eigenvalue weighted by Gasteiger charge is -2.09. The van der Waals surface area contributed by atoms with Crippen LogP contribution in [0.1, 0.15) is 22.8 Å². The summed E-state index contributed by atoms with van der Waals surface area (Å²) in [5.74, 6) is -1.99. The third-order valence-corrected chi connectivity index (χ3v) is 7.44. The van der Waals surface area contributed by atoms with Crippen molar-refractivity contribution >= 4 is 49.4 Å². The Morgan fingerprint density at radius 3 is 2.45 bits per heavy atom. The van der Waals surface area contributed by atoms with E-state index in [0.29, 0.717) is 5.56 Å². The first kappa shape index (κ1) is 21.2. The molecule has 0 radical (unpaired) electrons. The summed E-state index contributed by atoms with van der Waals surface area (Å²) >= 11 is 2.62. The van der Waals surface area contributed by atoms with Crippen molar-refractivity contribution in [3.8, 4) is 10.4 Å². The molecule has 152 valence electrons. The van der Waals surface area contributed by atoms with Gasteiger partial charge in [-0.05, 0) is 37.4 Å². The molecule has 9 heteroatoms. The Morgan fingerprint density at radius 1 is 1.10 bits per heavy atom. The summed E-state index contributed by atoms with van der Waals surface area (Å²) in [6, 6.07) is 10.0. The second-order valence-electron chi connectivity index (χ2n) is 6.17. The van der Waals surface area contributed by atoms with Crippen LogP contribution < -0.4 is 5.32 Å². The number of hydrogen-bond donors (Lipinski definition) is 1. The number of thiophene rings is 2. The molecule has 2 heterocycles. The maximum atomic E-state index is 12.5. The number of sulfone groups is 1. The highest BCUT2D eigenvalue weighted by atomic mass is 32.2. The number of ether oxygens (including phenoxy) is 1. The van der Waals surface area contributed by atoms with Gasteiger partial charge in [0, 0.05) is 15.8 Å². The van der Waals surface area contributed by atoms with Gasteiger partial charge in [-0.3, -0.25) is 4.79 Å². The molecule has 0 unspecified atom stereocenters. The fourth-order valence-corrected chi connectivity index (χ4v) is 5.56. The highest BCUT2D eigenvalue weighted by Crippen LogP contribution is 2.38. The fraction of sp³-hybridized carbons (Fsp3) is 0.200. The van der Waals surface area contributed by atoms with Crippen molar-refractivity contribution < 1.29 is 22.7 Å². The number of carbonyl (C=O) groups excluding carboxylic acids is 2. The molecule has 1 aromatic carbocycles. The average Bonchev–Trinajstić information content (AvgIpc) is 3.31. The molecule has 0 aliphatic heterocycles. The van der Waals surface area contributed by atoms with Gasteiger partial charge >= 0.3 is 5.97 Å². The molecular weight excluding hydrogens is 430 g/mol. The van der Waals surface area contributed by atoms with Gasteiger partial charge in [0.25, 0.3) is 0 Å². The van der Waals surface area contributed by atoms with Crippen molar-refractivity contribution in [1.29, 1.82) is 0 Å². The van der Waals surface area contributed by atoms with E-state index in [9.17, 15) is 18.0 Å². The lowest BCUT2D eigenvalue weighted by atomic mass is 10.1. The quantitative estimate of drug-likeness (QED) is 0.541. The van der Waals surface area contributed by atoms with Gasteiger partial charge in [-0.2, -0.15) is 0 Å². The minimum Gasteiger partial charge on any atom is -0.462 e. The molecule has 0 fully saturated rings. The van der Waals surface area contributed by atoms with Crippen molar-refractivity contribution in [3.05, 3.63) is 58.3 Å². The van der Waals surface area contributed by atoms with Crippen LogP contribution in [0.5, 0.6) is 0 Å². The molecule has 1 amide bonds. The normalized spacial score (nSPS) is 11.2. The zero-order chi connectivity index (χ0) is 21.0. The molecule has 3 aromatic rings. The van der Waals surface area contributed by atoms with Gasteiger partial charge < -0.3 is 10.1 Å². The molecule has 0 saturated heterocycles. The highest BCUT2D eigenvalue weighted by molar-refractivity contribution is 7.92. The van der Waals surface area contributed by atoms with E-state index in [-0.39, 0.29) is 22.1 Å². The molecule has 0 aliphatic carbocycles.